The fourth-order valence-corrected chi connectivity index (χ4v) is 3.18. The minimum Gasteiger partial charge on any atom is -0.449 e. The first-order valence-corrected chi connectivity index (χ1v) is 8.43. The molecule has 1 amide bonds. The summed E-state index contributed by atoms with van der Waals surface area (Å²) in [4.78, 5) is 25.9. The number of rotatable bonds is 4. The lowest BCUT2D eigenvalue weighted by Crippen LogP contribution is -2.30. The molecule has 0 aliphatic rings. The van der Waals surface area contributed by atoms with Gasteiger partial charge in [-0.05, 0) is 45.0 Å². The van der Waals surface area contributed by atoms with Gasteiger partial charge in [-0.2, -0.15) is 0 Å². The normalized spacial score (nSPS) is 11.9. The molecule has 0 radical (unpaired) electrons. The Hall–Kier alpha value is -1.73. The number of hydrogen-bond donors (Lipinski definition) is 1. The number of carbonyl (C=O) groups is 2. The van der Waals surface area contributed by atoms with Crippen molar-refractivity contribution in [2.45, 2.75) is 26.9 Å². The zero-order valence-electron chi connectivity index (χ0n) is 12.8. The van der Waals surface area contributed by atoms with Gasteiger partial charge < -0.3 is 10.1 Å². The number of thiophene rings is 1. The average molecular weight is 400 g/mol. The lowest BCUT2D eigenvalue weighted by atomic mass is 10.2. The predicted molar refractivity (Wildman–Crippen MR) is 91.4 cm³/mol. The van der Waals surface area contributed by atoms with Crippen LogP contribution in [0.15, 0.2) is 28.7 Å². The number of nitrogens with one attached hydrogen (secondary N) is 1. The third-order valence-electron chi connectivity index (χ3n) is 3.10. The summed E-state index contributed by atoms with van der Waals surface area (Å²) in [5.74, 6) is -1.73. The van der Waals surface area contributed by atoms with Crippen LogP contribution in [0.4, 0.5) is 10.1 Å². The Kier molecular flexibility index (Phi) is 5.54. The van der Waals surface area contributed by atoms with Gasteiger partial charge in [-0.25, -0.2) is 9.18 Å². The van der Waals surface area contributed by atoms with Crippen LogP contribution in [0.25, 0.3) is 0 Å². The van der Waals surface area contributed by atoms with E-state index in [-0.39, 0.29) is 5.69 Å². The number of aryl methyl sites for hydroxylation is 2. The van der Waals surface area contributed by atoms with Gasteiger partial charge in [0.15, 0.2) is 6.10 Å². The summed E-state index contributed by atoms with van der Waals surface area (Å²) in [5, 5.41) is 2.40. The van der Waals surface area contributed by atoms with E-state index in [1.807, 2.05) is 13.8 Å². The summed E-state index contributed by atoms with van der Waals surface area (Å²) in [6, 6.07) is 6.00. The highest BCUT2D eigenvalue weighted by atomic mass is 79.9. The maximum absolute atomic E-state index is 13.7. The standard InChI is InChI=1S/C16H15BrFNO3S/c1-8-6-12(10(3)23-8)16(21)22-9(2)15(20)19-14-5-4-11(17)7-13(14)18/h4-7,9H,1-3H3,(H,19,20)/t9-/m0/s1. The van der Waals surface area contributed by atoms with Crippen LogP contribution in [0, 0.1) is 19.7 Å². The number of hydrogen-bond acceptors (Lipinski definition) is 4. The molecule has 2 aromatic rings. The molecule has 1 heterocycles. The molecule has 1 atom stereocenters. The Labute approximate surface area is 145 Å². The highest BCUT2D eigenvalue weighted by Gasteiger charge is 2.22. The van der Waals surface area contributed by atoms with Crippen LogP contribution in [0.5, 0.6) is 0 Å². The third-order valence-corrected chi connectivity index (χ3v) is 4.56. The van der Waals surface area contributed by atoms with E-state index in [2.05, 4.69) is 21.2 Å². The van der Waals surface area contributed by atoms with Crippen molar-refractivity contribution >= 4 is 44.8 Å². The second kappa shape index (κ2) is 7.23. The highest BCUT2D eigenvalue weighted by Crippen LogP contribution is 2.22. The predicted octanol–water partition coefficient (Wildman–Crippen LogP) is 4.45. The molecule has 1 aromatic carbocycles. The smallest absolute Gasteiger partial charge is 0.340 e. The summed E-state index contributed by atoms with van der Waals surface area (Å²) in [7, 11) is 0. The largest absolute Gasteiger partial charge is 0.449 e. The number of halogens is 2. The number of carbonyl (C=O) groups excluding carboxylic acids is 2. The average Bonchev–Trinajstić information content (AvgIpc) is 2.80. The van der Waals surface area contributed by atoms with Gasteiger partial charge in [0.05, 0.1) is 11.3 Å². The van der Waals surface area contributed by atoms with E-state index in [0.717, 1.165) is 9.75 Å². The number of benzene rings is 1. The van der Waals surface area contributed by atoms with Crippen LogP contribution in [0.3, 0.4) is 0 Å². The summed E-state index contributed by atoms with van der Waals surface area (Å²) in [6.45, 7) is 5.15. The molecule has 0 aliphatic heterocycles. The zero-order chi connectivity index (χ0) is 17.1. The number of amides is 1. The van der Waals surface area contributed by atoms with Crippen molar-refractivity contribution in [1.82, 2.24) is 0 Å². The van der Waals surface area contributed by atoms with Crippen molar-refractivity contribution in [2.24, 2.45) is 0 Å². The molecule has 1 aromatic heterocycles. The highest BCUT2D eigenvalue weighted by molar-refractivity contribution is 9.10. The van der Waals surface area contributed by atoms with Gasteiger partial charge in [0, 0.05) is 14.2 Å². The molecule has 1 N–H and O–H groups in total. The van der Waals surface area contributed by atoms with Crippen LogP contribution >= 0.6 is 27.3 Å². The van der Waals surface area contributed by atoms with Gasteiger partial charge in [-0.3, -0.25) is 4.79 Å². The molecule has 0 aliphatic carbocycles. The molecule has 0 bridgehead atoms. The second-order valence-corrected chi connectivity index (χ2v) is 7.36. The molecule has 4 nitrogen and oxygen atoms in total. The number of ether oxygens (including phenoxy) is 1. The SMILES string of the molecule is Cc1cc(C(=O)O[C@@H](C)C(=O)Nc2ccc(Br)cc2F)c(C)s1. The first-order valence-electron chi connectivity index (χ1n) is 6.82. The van der Waals surface area contributed by atoms with Crippen LogP contribution < -0.4 is 5.32 Å². The molecule has 23 heavy (non-hydrogen) atoms. The molecular formula is C16H15BrFNO3S. The number of anilines is 1. The van der Waals surface area contributed by atoms with Crippen LogP contribution in [0.2, 0.25) is 0 Å². The van der Waals surface area contributed by atoms with Crippen molar-refractivity contribution in [3.63, 3.8) is 0 Å². The van der Waals surface area contributed by atoms with E-state index in [4.69, 9.17) is 4.74 Å². The molecule has 122 valence electrons. The van der Waals surface area contributed by atoms with Gasteiger partial charge in [-0.15, -0.1) is 11.3 Å². The quantitative estimate of drug-likeness (QED) is 0.772. The van der Waals surface area contributed by atoms with Gasteiger partial charge in [-0.1, -0.05) is 15.9 Å². The van der Waals surface area contributed by atoms with Gasteiger partial charge in [0.25, 0.3) is 5.91 Å². The fourth-order valence-electron chi connectivity index (χ4n) is 1.94. The Bertz CT molecular complexity index is 760. The summed E-state index contributed by atoms with van der Waals surface area (Å²) < 4.78 is 19.4. The first kappa shape index (κ1) is 17.6. The Balaban J connectivity index is 2.02. The monoisotopic (exact) mass is 399 g/mol. The summed E-state index contributed by atoms with van der Waals surface area (Å²) in [6.07, 6.45) is -1.04. The minimum absolute atomic E-state index is 0.0312. The molecular weight excluding hydrogens is 385 g/mol. The zero-order valence-corrected chi connectivity index (χ0v) is 15.2. The van der Waals surface area contributed by atoms with E-state index in [1.54, 1.807) is 12.1 Å². The van der Waals surface area contributed by atoms with Gasteiger partial charge in [0.2, 0.25) is 0 Å². The maximum Gasteiger partial charge on any atom is 0.340 e. The van der Waals surface area contributed by atoms with Crippen molar-refractivity contribution in [3.05, 3.63) is 49.9 Å². The van der Waals surface area contributed by atoms with E-state index in [0.29, 0.717) is 10.0 Å². The Morgan fingerprint density at radius 1 is 1.30 bits per heavy atom. The second-order valence-electron chi connectivity index (χ2n) is 4.99. The van der Waals surface area contributed by atoms with E-state index >= 15 is 0 Å². The van der Waals surface area contributed by atoms with Crippen molar-refractivity contribution in [1.29, 1.82) is 0 Å². The minimum atomic E-state index is -1.04. The molecule has 0 unspecified atom stereocenters. The molecule has 0 fully saturated rings. The van der Waals surface area contributed by atoms with Gasteiger partial charge >= 0.3 is 5.97 Å². The molecule has 0 saturated heterocycles. The summed E-state index contributed by atoms with van der Waals surface area (Å²) >= 11 is 4.62. The van der Waals surface area contributed by atoms with Crippen molar-refractivity contribution in [3.8, 4) is 0 Å². The maximum atomic E-state index is 13.7. The lowest BCUT2D eigenvalue weighted by Gasteiger charge is -2.14. The van der Waals surface area contributed by atoms with Gasteiger partial charge in [0.1, 0.15) is 5.82 Å². The Morgan fingerprint density at radius 3 is 2.57 bits per heavy atom. The lowest BCUT2D eigenvalue weighted by molar-refractivity contribution is -0.123. The Morgan fingerprint density at radius 2 is 2.00 bits per heavy atom. The molecule has 0 saturated carbocycles. The molecule has 7 heteroatoms. The van der Waals surface area contributed by atoms with E-state index in [9.17, 15) is 14.0 Å². The molecule has 0 spiro atoms. The van der Waals surface area contributed by atoms with E-state index in [1.165, 1.54) is 30.4 Å². The van der Waals surface area contributed by atoms with Crippen molar-refractivity contribution in [2.75, 3.05) is 5.32 Å². The molecule has 2 rings (SSSR count). The van der Waals surface area contributed by atoms with Crippen LogP contribution in [0.1, 0.15) is 27.0 Å². The topological polar surface area (TPSA) is 55.4 Å². The first-order chi connectivity index (χ1) is 10.8. The summed E-state index contributed by atoms with van der Waals surface area (Å²) in [5.41, 5.74) is 0.477. The number of esters is 1. The van der Waals surface area contributed by atoms with Crippen molar-refractivity contribution < 1.29 is 18.7 Å². The van der Waals surface area contributed by atoms with Crippen LogP contribution in [-0.4, -0.2) is 18.0 Å². The van der Waals surface area contributed by atoms with E-state index < -0.39 is 23.8 Å². The fraction of sp³-hybridized carbons (Fsp3) is 0.250. The van der Waals surface area contributed by atoms with Crippen LogP contribution in [-0.2, 0) is 9.53 Å². The third kappa shape index (κ3) is 4.39.